The highest BCUT2D eigenvalue weighted by molar-refractivity contribution is 5.95. The largest absolute Gasteiger partial charge is 0.349 e. The molecule has 0 spiro atoms. The third-order valence-corrected chi connectivity index (χ3v) is 5.22. The highest BCUT2D eigenvalue weighted by Gasteiger charge is 2.23. The maximum atomic E-state index is 13.3. The molecule has 0 aliphatic heterocycles. The summed E-state index contributed by atoms with van der Waals surface area (Å²) < 4.78 is 16.8. The van der Waals surface area contributed by atoms with Gasteiger partial charge in [0, 0.05) is 18.8 Å². The molecule has 1 unspecified atom stereocenters. The lowest BCUT2D eigenvalue weighted by Crippen LogP contribution is -2.34. The Morgan fingerprint density at radius 1 is 1.17 bits per heavy atom. The zero-order valence-electron chi connectivity index (χ0n) is 17.8. The predicted octanol–water partition coefficient (Wildman–Crippen LogP) is 3.85. The number of hydrogen-bond donors (Lipinski definition) is 1. The summed E-state index contributed by atoms with van der Waals surface area (Å²) in [4.78, 5) is 13.0. The first-order valence-electron chi connectivity index (χ1n) is 9.82. The Bertz CT molecular complexity index is 1020. The Balaban J connectivity index is 1.82. The molecule has 0 fully saturated rings. The van der Waals surface area contributed by atoms with Gasteiger partial charge in [-0.2, -0.15) is 10.2 Å². The number of nitrogens with zero attached hydrogens (tertiary/aromatic N) is 4. The van der Waals surface area contributed by atoms with E-state index in [9.17, 15) is 9.18 Å². The van der Waals surface area contributed by atoms with Crippen molar-refractivity contribution in [2.75, 3.05) is 0 Å². The van der Waals surface area contributed by atoms with E-state index >= 15 is 0 Å². The van der Waals surface area contributed by atoms with Crippen molar-refractivity contribution >= 4 is 5.91 Å². The van der Waals surface area contributed by atoms with Gasteiger partial charge in [0.1, 0.15) is 5.82 Å². The van der Waals surface area contributed by atoms with E-state index in [1.54, 1.807) is 23.0 Å². The number of aryl methyl sites for hydroxylation is 2. The van der Waals surface area contributed by atoms with E-state index in [1.807, 2.05) is 46.3 Å². The summed E-state index contributed by atoms with van der Waals surface area (Å²) in [5, 5.41) is 11.9. The number of benzene rings is 1. The van der Waals surface area contributed by atoms with Gasteiger partial charge in [-0.05, 0) is 62.9 Å². The van der Waals surface area contributed by atoms with Gasteiger partial charge < -0.3 is 5.32 Å². The lowest BCUT2D eigenvalue weighted by molar-refractivity contribution is 0.0938. The van der Waals surface area contributed by atoms with Crippen molar-refractivity contribution in [3.8, 4) is 5.69 Å². The zero-order chi connectivity index (χ0) is 21.3. The number of halogens is 1. The van der Waals surface area contributed by atoms with E-state index < -0.39 is 0 Å². The van der Waals surface area contributed by atoms with Crippen LogP contribution in [-0.2, 0) is 13.5 Å². The van der Waals surface area contributed by atoms with Crippen LogP contribution < -0.4 is 5.32 Å². The number of carbonyl (C=O) groups excluding carboxylic acids is 1. The minimum atomic E-state index is -0.306. The average Bonchev–Trinajstić information content (AvgIpc) is 3.20. The molecule has 1 amide bonds. The van der Waals surface area contributed by atoms with E-state index in [2.05, 4.69) is 15.5 Å². The fourth-order valence-electron chi connectivity index (χ4n) is 3.65. The van der Waals surface area contributed by atoms with Gasteiger partial charge in [-0.25, -0.2) is 9.07 Å². The summed E-state index contributed by atoms with van der Waals surface area (Å²) >= 11 is 0. The van der Waals surface area contributed by atoms with Gasteiger partial charge in [0.05, 0.1) is 28.8 Å². The van der Waals surface area contributed by atoms with Gasteiger partial charge in [-0.1, -0.05) is 13.8 Å². The van der Waals surface area contributed by atoms with E-state index in [0.29, 0.717) is 12.0 Å². The van der Waals surface area contributed by atoms with Crippen molar-refractivity contribution in [1.82, 2.24) is 24.9 Å². The average molecular weight is 397 g/mol. The molecule has 0 saturated carbocycles. The van der Waals surface area contributed by atoms with Gasteiger partial charge in [0.2, 0.25) is 0 Å². The Hall–Kier alpha value is -2.96. The second-order valence-corrected chi connectivity index (χ2v) is 7.84. The van der Waals surface area contributed by atoms with Crippen LogP contribution in [-0.4, -0.2) is 31.5 Å². The standard InChI is InChI=1S/C22H28FN5O/c1-13(2)21-20(12-24-28(21)18-9-7-17(23)8-10-18)22(29)25-14(3)11-19-15(4)26-27(6)16(19)5/h7-10,12-14H,11H2,1-6H3,(H,25,29). The molecule has 0 aliphatic carbocycles. The molecule has 2 heterocycles. The van der Waals surface area contributed by atoms with Crippen molar-refractivity contribution in [2.45, 2.75) is 53.0 Å². The summed E-state index contributed by atoms with van der Waals surface area (Å²) in [6.07, 6.45) is 2.29. The highest BCUT2D eigenvalue weighted by atomic mass is 19.1. The van der Waals surface area contributed by atoms with Crippen LogP contribution in [0.3, 0.4) is 0 Å². The number of nitrogens with one attached hydrogen (secondary N) is 1. The maximum absolute atomic E-state index is 13.3. The summed E-state index contributed by atoms with van der Waals surface area (Å²) in [6, 6.07) is 6.04. The van der Waals surface area contributed by atoms with E-state index in [0.717, 1.165) is 28.3 Å². The lowest BCUT2D eigenvalue weighted by Gasteiger charge is -2.16. The minimum Gasteiger partial charge on any atom is -0.349 e. The Kier molecular flexibility index (Phi) is 5.86. The van der Waals surface area contributed by atoms with Crippen LogP contribution in [0.1, 0.15) is 59.7 Å². The molecule has 7 heteroatoms. The van der Waals surface area contributed by atoms with E-state index in [4.69, 9.17) is 0 Å². The maximum Gasteiger partial charge on any atom is 0.255 e. The SMILES string of the molecule is Cc1nn(C)c(C)c1CC(C)NC(=O)c1cnn(-c2ccc(F)cc2)c1C(C)C. The smallest absolute Gasteiger partial charge is 0.255 e. The molecule has 0 bridgehead atoms. The second kappa shape index (κ2) is 8.19. The molecule has 29 heavy (non-hydrogen) atoms. The molecular weight excluding hydrogens is 369 g/mol. The molecule has 1 aromatic carbocycles. The zero-order valence-corrected chi connectivity index (χ0v) is 17.8. The molecule has 1 atom stereocenters. The van der Waals surface area contributed by atoms with Crippen molar-refractivity contribution in [1.29, 1.82) is 0 Å². The summed E-state index contributed by atoms with van der Waals surface area (Å²) in [5.41, 5.74) is 5.31. The number of hydrogen-bond acceptors (Lipinski definition) is 3. The Morgan fingerprint density at radius 3 is 2.38 bits per heavy atom. The van der Waals surface area contributed by atoms with Crippen LogP contribution in [0.25, 0.3) is 5.69 Å². The molecule has 2 aromatic heterocycles. The van der Waals surface area contributed by atoms with Crippen LogP contribution in [0, 0.1) is 19.7 Å². The first-order chi connectivity index (χ1) is 13.7. The van der Waals surface area contributed by atoms with Crippen LogP contribution in [0.4, 0.5) is 4.39 Å². The lowest BCUT2D eigenvalue weighted by atomic mass is 10.0. The molecule has 0 saturated heterocycles. The van der Waals surface area contributed by atoms with Gasteiger partial charge in [-0.3, -0.25) is 9.48 Å². The third kappa shape index (κ3) is 4.23. The topological polar surface area (TPSA) is 64.7 Å². The monoisotopic (exact) mass is 397 g/mol. The number of amides is 1. The van der Waals surface area contributed by atoms with Gasteiger partial charge >= 0.3 is 0 Å². The molecule has 3 rings (SSSR count). The number of aromatic nitrogens is 4. The summed E-state index contributed by atoms with van der Waals surface area (Å²) in [7, 11) is 1.92. The van der Waals surface area contributed by atoms with Gasteiger partial charge in [0.25, 0.3) is 5.91 Å². The Morgan fingerprint density at radius 2 is 1.83 bits per heavy atom. The van der Waals surface area contributed by atoms with Gasteiger partial charge in [0.15, 0.2) is 0 Å². The van der Waals surface area contributed by atoms with E-state index in [-0.39, 0.29) is 23.7 Å². The first-order valence-corrected chi connectivity index (χ1v) is 9.82. The predicted molar refractivity (Wildman–Crippen MR) is 111 cm³/mol. The summed E-state index contributed by atoms with van der Waals surface area (Å²) in [6.45, 7) is 10.0. The fourth-order valence-corrected chi connectivity index (χ4v) is 3.65. The number of rotatable bonds is 6. The van der Waals surface area contributed by atoms with E-state index in [1.165, 1.54) is 12.1 Å². The number of carbonyl (C=O) groups is 1. The third-order valence-electron chi connectivity index (χ3n) is 5.22. The minimum absolute atomic E-state index is 0.0571. The fraction of sp³-hybridized carbons (Fsp3) is 0.409. The molecule has 154 valence electrons. The quantitative estimate of drug-likeness (QED) is 0.687. The molecule has 0 radical (unpaired) electrons. The van der Waals surface area contributed by atoms with Crippen LogP contribution in [0.2, 0.25) is 0 Å². The van der Waals surface area contributed by atoms with Crippen LogP contribution >= 0.6 is 0 Å². The van der Waals surface area contributed by atoms with Crippen LogP contribution in [0.5, 0.6) is 0 Å². The molecule has 6 nitrogen and oxygen atoms in total. The van der Waals surface area contributed by atoms with Gasteiger partial charge in [-0.15, -0.1) is 0 Å². The second-order valence-electron chi connectivity index (χ2n) is 7.84. The molecule has 3 aromatic rings. The molecule has 1 N–H and O–H groups in total. The normalized spacial score (nSPS) is 12.4. The Labute approximate surface area is 170 Å². The highest BCUT2D eigenvalue weighted by Crippen LogP contribution is 2.23. The van der Waals surface area contributed by atoms with Crippen molar-refractivity contribution < 1.29 is 9.18 Å². The molecule has 0 aliphatic rings. The van der Waals surface area contributed by atoms with Crippen molar-refractivity contribution in [3.63, 3.8) is 0 Å². The van der Waals surface area contributed by atoms with Crippen LogP contribution in [0.15, 0.2) is 30.5 Å². The summed E-state index contributed by atoms with van der Waals surface area (Å²) in [5.74, 6) is -0.394. The van der Waals surface area contributed by atoms with Crippen molar-refractivity contribution in [3.05, 3.63) is 64.5 Å². The van der Waals surface area contributed by atoms with Crippen molar-refractivity contribution in [2.24, 2.45) is 7.05 Å². The molecular formula is C22H28FN5O. The first kappa shape index (κ1) is 20.8.